The molecule has 0 saturated heterocycles. The van der Waals surface area contributed by atoms with E-state index in [9.17, 15) is 43.9 Å². The van der Waals surface area contributed by atoms with Crippen LogP contribution in [0.4, 0.5) is 43.9 Å². The highest BCUT2D eigenvalue weighted by Gasteiger charge is 2.87. The number of aromatic nitrogens is 2. The van der Waals surface area contributed by atoms with E-state index in [-0.39, 0.29) is 11.3 Å². The summed E-state index contributed by atoms with van der Waals surface area (Å²) in [6, 6.07) is 6.94. The molecule has 0 bridgehead atoms. The van der Waals surface area contributed by atoms with E-state index >= 15 is 0 Å². The molecule has 0 saturated carbocycles. The molecule has 0 aliphatic carbocycles. The van der Waals surface area contributed by atoms with Crippen molar-refractivity contribution in [2.75, 3.05) is 0 Å². The molecule has 0 amide bonds. The minimum atomic E-state index is -7.20. The molecule has 0 aliphatic heterocycles. The molecule has 0 radical (unpaired) electrons. The average Bonchev–Trinajstić information content (AvgIpc) is 2.61. The molecule has 1 aromatic carbocycles. The van der Waals surface area contributed by atoms with Gasteiger partial charge in [-0.2, -0.15) is 48.9 Å². The fourth-order valence-electron chi connectivity index (χ4n) is 1.99. The van der Waals surface area contributed by atoms with Gasteiger partial charge in [0.05, 0.1) is 5.69 Å². The van der Waals surface area contributed by atoms with Crippen molar-refractivity contribution in [2.45, 2.75) is 36.7 Å². The topological polar surface area (TPSA) is 35.0 Å². The number of hydrogen-bond donors (Lipinski definition) is 0. The zero-order valence-electron chi connectivity index (χ0n) is 14.1. The van der Waals surface area contributed by atoms with Crippen LogP contribution < -0.4 is 4.74 Å². The standard InChI is InChI=1S/C16H10F10N2O/c1-12(17,18)13(19,20)14(21,22)15(23,24)16(25,26)29-11-27-8-7-10(28-11)9-5-3-2-4-6-9/h2-8H,1H3. The van der Waals surface area contributed by atoms with Gasteiger partial charge in [0, 0.05) is 18.7 Å². The third-order valence-corrected chi connectivity index (χ3v) is 3.63. The first-order valence-corrected chi connectivity index (χ1v) is 7.51. The highest BCUT2D eigenvalue weighted by Crippen LogP contribution is 2.56. The van der Waals surface area contributed by atoms with Gasteiger partial charge in [-0.05, 0) is 6.07 Å². The van der Waals surface area contributed by atoms with E-state index in [2.05, 4.69) is 14.7 Å². The summed E-state index contributed by atoms with van der Waals surface area (Å²) in [7, 11) is 0. The van der Waals surface area contributed by atoms with Crippen molar-refractivity contribution in [2.24, 2.45) is 0 Å². The van der Waals surface area contributed by atoms with Crippen molar-refractivity contribution >= 4 is 0 Å². The summed E-state index contributed by atoms with van der Waals surface area (Å²) in [5.41, 5.74) is 0.101. The van der Waals surface area contributed by atoms with Gasteiger partial charge in [-0.25, -0.2) is 4.98 Å². The molecule has 0 spiro atoms. The Hall–Kier alpha value is -2.60. The summed E-state index contributed by atoms with van der Waals surface area (Å²) in [6.45, 7) is -0.817. The molecular formula is C16H10F10N2O. The first-order chi connectivity index (χ1) is 13.0. The second-order valence-corrected chi connectivity index (χ2v) is 5.82. The third kappa shape index (κ3) is 3.81. The molecule has 0 N–H and O–H groups in total. The molecule has 0 unspecified atom stereocenters. The lowest BCUT2D eigenvalue weighted by molar-refractivity contribution is -0.429. The van der Waals surface area contributed by atoms with Crippen molar-refractivity contribution in [3.05, 3.63) is 42.6 Å². The molecule has 3 nitrogen and oxygen atoms in total. The lowest BCUT2D eigenvalue weighted by Gasteiger charge is -2.37. The molecule has 2 rings (SSSR count). The third-order valence-electron chi connectivity index (χ3n) is 3.63. The number of halogens is 10. The molecule has 1 aromatic heterocycles. The number of ether oxygens (including phenoxy) is 1. The van der Waals surface area contributed by atoms with E-state index in [4.69, 9.17) is 0 Å². The monoisotopic (exact) mass is 436 g/mol. The summed E-state index contributed by atoms with van der Waals surface area (Å²) >= 11 is 0. The molecule has 0 atom stereocenters. The Morgan fingerprint density at radius 3 is 1.79 bits per heavy atom. The van der Waals surface area contributed by atoms with E-state index in [0.29, 0.717) is 0 Å². The van der Waals surface area contributed by atoms with Crippen molar-refractivity contribution in [1.29, 1.82) is 0 Å². The van der Waals surface area contributed by atoms with Crippen LogP contribution >= 0.6 is 0 Å². The van der Waals surface area contributed by atoms with Crippen LogP contribution in [0.2, 0.25) is 0 Å². The molecule has 2 aromatic rings. The van der Waals surface area contributed by atoms with Crippen molar-refractivity contribution in [1.82, 2.24) is 9.97 Å². The van der Waals surface area contributed by atoms with Crippen LogP contribution in [0.25, 0.3) is 11.3 Å². The van der Waals surface area contributed by atoms with E-state index in [1.807, 2.05) is 0 Å². The van der Waals surface area contributed by atoms with E-state index in [0.717, 1.165) is 12.3 Å². The fraction of sp³-hybridized carbons (Fsp3) is 0.375. The van der Waals surface area contributed by atoms with Crippen LogP contribution in [0.1, 0.15) is 6.92 Å². The maximum Gasteiger partial charge on any atom is 0.473 e. The predicted molar refractivity (Wildman–Crippen MR) is 78.5 cm³/mol. The molecule has 13 heteroatoms. The largest absolute Gasteiger partial charge is 0.473 e. The zero-order valence-corrected chi connectivity index (χ0v) is 14.1. The number of nitrogens with zero attached hydrogens (tertiary/aromatic N) is 2. The number of alkyl halides is 10. The maximum absolute atomic E-state index is 13.7. The van der Waals surface area contributed by atoms with Crippen LogP contribution in [-0.4, -0.2) is 39.8 Å². The number of benzene rings is 1. The Labute approximate surface area is 156 Å². The quantitative estimate of drug-likeness (QED) is 0.525. The average molecular weight is 436 g/mol. The summed E-state index contributed by atoms with van der Waals surface area (Å²) in [4.78, 5) is 6.34. The van der Waals surface area contributed by atoms with Crippen molar-refractivity contribution in [3.63, 3.8) is 0 Å². The summed E-state index contributed by atoms with van der Waals surface area (Å²) in [5, 5.41) is 0. The highest BCUT2D eigenvalue weighted by molar-refractivity contribution is 5.58. The van der Waals surface area contributed by atoms with Gasteiger partial charge in [0.1, 0.15) is 0 Å². The fourth-order valence-corrected chi connectivity index (χ4v) is 1.99. The summed E-state index contributed by atoms with van der Waals surface area (Å²) in [6.07, 6.45) is -5.63. The molecule has 29 heavy (non-hydrogen) atoms. The first kappa shape index (κ1) is 22.7. The maximum atomic E-state index is 13.7. The molecule has 160 valence electrons. The molecule has 1 heterocycles. The van der Waals surface area contributed by atoms with Gasteiger partial charge in [0.2, 0.25) is 0 Å². The SMILES string of the molecule is CC(F)(F)C(F)(F)C(F)(F)C(F)(F)C(F)(F)Oc1nccc(-c2ccccc2)n1. The van der Waals surface area contributed by atoms with Crippen molar-refractivity contribution < 1.29 is 48.6 Å². The second kappa shape index (κ2) is 7.02. The van der Waals surface area contributed by atoms with Crippen LogP contribution in [0, 0.1) is 0 Å². The van der Waals surface area contributed by atoms with Crippen LogP contribution in [0.5, 0.6) is 6.01 Å². The van der Waals surface area contributed by atoms with Crippen LogP contribution in [-0.2, 0) is 0 Å². The highest BCUT2D eigenvalue weighted by atomic mass is 19.4. The van der Waals surface area contributed by atoms with Crippen LogP contribution in [0.15, 0.2) is 42.6 Å². The second-order valence-electron chi connectivity index (χ2n) is 5.82. The van der Waals surface area contributed by atoms with Gasteiger partial charge < -0.3 is 4.74 Å². The minimum absolute atomic E-state index is 0.160. The van der Waals surface area contributed by atoms with Gasteiger partial charge in [-0.3, -0.25) is 0 Å². The van der Waals surface area contributed by atoms with Gasteiger partial charge in [0.25, 0.3) is 0 Å². The Bertz CT molecular complexity index is 852. The Morgan fingerprint density at radius 2 is 1.28 bits per heavy atom. The summed E-state index contributed by atoms with van der Waals surface area (Å²) in [5.74, 6) is -26.8. The molecular weight excluding hydrogens is 426 g/mol. The van der Waals surface area contributed by atoms with Gasteiger partial charge >= 0.3 is 35.8 Å². The van der Waals surface area contributed by atoms with Crippen molar-refractivity contribution in [3.8, 4) is 17.3 Å². The van der Waals surface area contributed by atoms with Gasteiger partial charge in [-0.15, -0.1) is 0 Å². The lowest BCUT2D eigenvalue weighted by atomic mass is 9.99. The number of rotatable bonds is 7. The van der Waals surface area contributed by atoms with E-state index in [1.165, 1.54) is 24.3 Å². The van der Waals surface area contributed by atoms with Gasteiger partial charge in [0.15, 0.2) is 0 Å². The first-order valence-electron chi connectivity index (χ1n) is 7.51. The van der Waals surface area contributed by atoms with E-state index < -0.39 is 42.7 Å². The number of hydrogen-bond acceptors (Lipinski definition) is 3. The minimum Gasteiger partial charge on any atom is -0.394 e. The zero-order chi connectivity index (χ0) is 22.3. The summed E-state index contributed by atoms with van der Waals surface area (Å²) < 4.78 is 137. The molecule has 0 aliphatic rings. The lowest BCUT2D eigenvalue weighted by Crippen LogP contribution is -2.67. The Kier molecular flexibility index (Phi) is 5.49. The predicted octanol–water partition coefficient (Wildman–Crippen LogP) is 5.68. The normalized spacial score (nSPS) is 14.0. The smallest absolute Gasteiger partial charge is 0.394 e. The Balaban J connectivity index is 2.40. The van der Waals surface area contributed by atoms with E-state index in [1.54, 1.807) is 6.07 Å². The van der Waals surface area contributed by atoms with Crippen LogP contribution in [0.3, 0.4) is 0 Å². The Morgan fingerprint density at radius 1 is 0.724 bits per heavy atom. The van der Waals surface area contributed by atoms with Gasteiger partial charge in [-0.1, -0.05) is 30.3 Å². The molecule has 0 fully saturated rings.